The van der Waals surface area contributed by atoms with Gasteiger partial charge < -0.3 is 11.1 Å². The first-order valence-electron chi connectivity index (χ1n) is 8.67. The standard InChI is InChI=1S/C19H29ClN2O/c1-12(2)14-9-8-13(3)10-16(14)19(23)22-11-18(21)15-6-4-5-7-17(15)20/h4-7,12-14,16,18H,8-11,21H2,1-3H3,(H,22,23). The summed E-state index contributed by atoms with van der Waals surface area (Å²) in [6.07, 6.45) is 3.36. The van der Waals surface area contributed by atoms with Crippen LogP contribution in [0, 0.1) is 23.7 Å². The predicted octanol–water partition coefficient (Wildman–Crippen LogP) is 4.16. The summed E-state index contributed by atoms with van der Waals surface area (Å²) in [5, 5.41) is 3.71. The van der Waals surface area contributed by atoms with Crippen LogP contribution in [0.5, 0.6) is 0 Å². The summed E-state index contributed by atoms with van der Waals surface area (Å²) in [5.74, 6) is 1.89. The van der Waals surface area contributed by atoms with Gasteiger partial charge in [0.25, 0.3) is 0 Å². The Morgan fingerprint density at radius 2 is 2.04 bits per heavy atom. The molecule has 0 aliphatic heterocycles. The molecule has 4 heteroatoms. The average molecular weight is 337 g/mol. The molecule has 2 rings (SSSR count). The second kappa shape index (κ2) is 8.16. The van der Waals surface area contributed by atoms with E-state index in [1.165, 1.54) is 6.42 Å². The number of halogens is 1. The van der Waals surface area contributed by atoms with E-state index in [0.717, 1.165) is 18.4 Å². The van der Waals surface area contributed by atoms with E-state index in [1.54, 1.807) is 0 Å². The highest BCUT2D eigenvalue weighted by atomic mass is 35.5. The van der Waals surface area contributed by atoms with Gasteiger partial charge in [-0.1, -0.05) is 57.0 Å². The van der Waals surface area contributed by atoms with Gasteiger partial charge in [0.2, 0.25) is 5.91 Å². The molecule has 0 aromatic heterocycles. The van der Waals surface area contributed by atoms with E-state index in [9.17, 15) is 4.79 Å². The van der Waals surface area contributed by atoms with Gasteiger partial charge in [-0.3, -0.25) is 4.79 Å². The number of carbonyl (C=O) groups is 1. The van der Waals surface area contributed by atoms with Crippen molar-refractivity contribution in [2.75, 3.05) is 6.54 Å². The van der Waals surface area contributed by atoms with Gasteiger partial charge in [-0.25, -0.2) is 0 Å². The largest absolute Gasteiger partial charge is 0.354 e. The van der Waals surface area contributed by atoms with Gasteiger partial charge in [0.05, 0.1) is 0 Å². The molecule has 1 saturated carbocycles. The third-order valence-electron chi connectivity index (χ3n) is 5.16. The molecular weight excluding hydrogens is 308 g/mol. The van der Waals surface area contributed by atoms with Gasteiger partial charge in [-0.05, 0) is 42.2 Å². The molecular formula is C19H29ClN2O. The third kappa shape index (κ3) is 4.71. The van der Waals surface area contributed by atoms with Crippen LogP contribution in [0.15, 0.2) is 24.3 Å². The maximum absolute atomic E-state index is 12.7. The molecule has 128 valence electrons. The molecule has 4 atom stereocenters. The van der Waals surface area contributed by atoms with E-state index >= 15 is 0 Å². The Labute approximate surface area is 145 Å². The highest BCUT2D eigenvalue weighted by Crippen LogP contribution is 2.38. The van der Waals surface area contributed by atoms with Crippen LogP contribution in [0.3, 0.4) is 0 Å². The minimum absolute atomic E-state index is 0.109. The Hall–Kier alpha value is -1.06. The normalized spacial score (nSPS) is 26.1. The SMILES string of the molecule is CC1CCC(C(C)C)C(C(=O)NCC(N)c2ccccc2Cl)C1. The lowest BCUT2D eigenvalue weighted by molar-refractivity contribution is -0.129. The summed E-state index contributed by atoms with van der Waals surface area (Å²) in [6.45, 7) is 7.11. The van der Waals surface area contributed by atoms with Crippen LogP contribution in [0.1, 0.15) is 51.6 Å². The van der Waals surface area contributed by atoms with E-state index in [1.807, 2.05) is 24.3 Å². The van der Waals surface area contributed by atoms with Crippen molar-refractivity contribution in [1.82, 2.24) is 5.32 Å². The molecule has 3 nitrogen and oxygen atoms in total. The summed E-state index contributed by atoms with van der Waals surface area (Å²) < 4.78 is 0. The second-order valence-corrected chi connectivity index (χ2v) is 7.71. The number of nitrogens with two attached hydrogens (primary N) is 1. The number of nitrogens with one attached hydrogen (secondary N) is 1. The topological polar surface area (TPSA) is 55.1 Å². The molecule has 0 heterocycles. The van der Waals surface area contributed by atoms with Gasteiger partial charge in [0.15, 0.2) is 0 Å². The van der Waals surface area contributed by atoms with Crippen molar-refractivity contribution in [3.63, 3.8) is 0 Å². The lowest BCUT2D eigenvalue weighted by Gasteiger charge is -2.36. The van der Waals surface area contributed by atoms with Crippen LogP contribution in [-0.2, 0) is 4.79 Å². The molecule has 3 N–H and O–H groups in total. The average Bonchev–Trinajstić information content (AvgIpc) is 2.52. The van der Waals surface area contributed by atoms with Crippen molar-refractivity contribution in [2.24, 2.45) is 29.4 Å². The summed E-state index contributed by atoms with van der Waals surface area (Å²) >= 11 is 6.17. The molecule has 0 spiro atoms. The zero-order valence-electron chi connectivity index (χ0n) is 14.4. The molecule has 1 aliphatic rings. The lowest BCUT2D eigenvalue weighted by atomic mass is 9.70. The highest BCUT2D eigenvalue weighted by Gasteiger charge is 2.35. The number of rotatable bonds is 5. The quantitative estimate of drug-likeness (QED) is 0.848. The molecule has 1 amide bonds. The Balaban J connectivity index is 1.96. The smallest absolute Gasteiger partial charge is 0.223 e. The first kappa shape index (κ1) is 18.3. The molecule has 0 radical (unpaired) electrons. The molecule has 0 bridgehead atoms. The fraction of sp³-hybridized carbons (Fsp3) is 0.632. The Kier molecular flexibility index (Phi) is 6.49. The summed E-state index contributed by atoms with van der Waals surface area (Å²) in [7, 11) is 0. The maximum Gasteiger partial charge on any atom is 0.223 e. The lowest BCUT2D eigenvalue weighted by Crippen LogP contribution is -2.42. The fourth-order valence-electron chi connectivity index (χ4n) is 3.73. The van der Waals surface area contributed by atoms with E-state index in [2.05, 4.69) is 26.1 Å². The highest BCUT2D eigenvalue weighted by molar-refractivity contribution is 6.31. The van der Waals surface area contributed by atoms with Crippen molar-refractivity contribution in [3.8, 4) is 0 Å². The van der Waals surface area contributed by atoms with E-state index in [4.69, 9.17) is 17.3 Å². The number of benzene rings is 1. The first-order chi connectivity index (χ1) is 10.9. The van der Waals surface area contributed by atoms with Crippen molar-refractivity contribution in [3.05, 3.63) is 34.9 Å². The number of carbonyl (C=O) groups excluding carboxylic acids is 1. The monoisotopic (exact) mass is 336 g/mol. The van der Waals surface area contributed by atoms with Gasteiger partial charge in [-0.15, -0.1) is 0 Å². The van der Waals surface area contributed by atoms with Crippen LogP contribution in [0.2, 0.25) is 5.02 Å². The second-order valence-electron chi connectivity index (χ2n) is 7.31. The molecule has 23 heavy (non-hydrogen) atoms. The molecule has 0 saturated heterocycles. The molecule has 1 aromatic carbocycles. The predicted molar refractivity (Wildman–Crippen MR) is 96.2 cm³/mol. The van der Waals surface area contributed by atoms with Crippen LogP contribution >= 0.6 is 11.6 Å². The van der Waals surface area contributed by atoms with Gasteiger partial charge >= 0.3 is 0 Å². The summed E-state index contributed by atoms with van der Waals surface area (Å²) in [5.41, 5.74) is 7.08. The van der Waals surface area contributed by atoms with Crippen molar-refractivity contribution in [2.45, 2.75) is 46.1 Å². The van der Waals surface area contributed by atoms with Crippen LogP contribution in [-0.4, -0.2) is 12.5 Å². The third-order valence-corrected chi connectivity index (χ3v) is 5.50. The van der Waals surface area contributed by atoms with Crippen LogP contribution in [0.25, 0.3) is 0 Å². The number of hydrogen-bond acceptors (Lipinski definition) is 2. The van der Waals surface area contributed by atoms with Gasteiger partial charge in [-0.2, -0.15) is 0 Å². The molecule has 1 aliphatic carbocycles. The minimum Gasteiger partial charge on any atom is -0.354 e. The molecule has 1 fully saturated rings. The van der Waals surface area contributed by atoms with Crippen molar-refractivity contribution < 1.29 is 4.79 Å². The van der Waals surface area contributed by atoms with Crippen LogP contribution in [0.4, 0.5) is 0 Å². The van der Waals surface area contributed by atoms with Gasteiger partial charge in [0, 0.05) is 23.5 Å². The molecule has 4 unspecified atom stereocenters. The Bertz CT molecular complexity index is 532. The molecule has 1 aromatic rings. The summed E-state index contributed by atoms with van der Waals surface area (Å²) in [4.78, 5) is 12.7. The number of amides is 1. The Morgan fingerprint density at radius 3 is 2.70 bits per heavy atom. The zero-order valence-corrected chi connectivity index (χ0v) is 15.1. The van der Waals surface area contributed by atoms with Crippen LogP contribution < -0.4 is 11.1 Å². The van der Waals surface area contributed by atoms with Crippen molar-refractivity contribution >= 4 is 17.5 Å². The first-order valence-corrected chi connectivity index (χ1v) is 9.05. The zero-order chi connectivity index (χ0) is 17.0. The number of hydrogen-bond donors (Lipinski definition) is 2. The fourth-order valence-corrected chi connectivity index (χ4v) is 4.01. The minimum atomic E-state index is -0.272. The summed E-state index contributed by atoms with van der Waals surface area (Å²) in [6, 6.07) is 7.27. The van der Waals surface area contributed by atoms with E-state index in [0.29, 0.717) is 29.3 Å². The van der Waals surface area contributed by atoms with Crippen molar-refractivity contribution in [1.29, 1.82) is 0 Å². The van der Waals surface area contributed by atoms with E-state index < -0.39 is 0 Å². The maximum atomic E-state index is 12.7. The Morgan fingerprint density at radius 1 is 1.35 bits per heavy atom. The van der Waals surface area contributed by atoms with Gasteiger partial charge in [0.1, 0.15) is 0 Å². The van der Waals surface area contributed by atoms with E-state index in [-0.39, 0.29) is 17.9 Å².